The van der Waals surface area contributed by atoms with E-state index in [9.17, 15) is 23.1 Å². The normalized spacial score (nSPS) is 12.0. The highest BCUT2D eigenvalue weighted by Gasteiger charge is 2.29. The van der Waals surface area contributed by atoms with Crippen molar-refractivity contribution < 1.29 is 23.1 Å². The van der Waals surface area contributed by atoms with Gasteiger partial charge in [0.15, 0.2) is 21.4 Å². The van der Waals surface area contributed by atoms with Crippen molar-refractivity contribution in [2.45, 2.75) is 31.3 Å². The van der Waals surface area contributed by atoms with Gasteiger partial charge in [-0.2, -0.15) is 0 Å². The molecular weight excluding hydrogens is 340 g/mol. The number of hydrogen-bond acceptors (Lipinski definition) is 5. The van der Waals surface area contributed by atoms with Crippen molar-refractivity contribution >= 4 is 21.4 Å². The maximum Gasteiger partial charge on any atom is 0.194 e. The summed E-state index contributed by atoms with van der Waals surface area (Å²) in [6, 6.07) is 12.2. The Morgan fingerprint density at radius 3 is 2.12 bits per heavy atom. The van der Waals surface area contributed by atoms with Crippen molar-refractivity contribution in [1.29, 1.82) is 0 Å². The van der Waals surface area contributed by atoms with E-state index >= 15 is 0 Å². The third-order valence-electron chi connectivity index (χ3n) is 3.80. The van der Waals surface area contributed by atoms with Crippen LogP contribution in [-0.2, 0) is 9.84 Å². The van der Waals surface area contributed by atoms with Crippen molar-refractivity contribution in [2.24, 2.45) is 0 Å². The van der Waals surface area contributed by atoms with Gasteiger partial charge in [0.1, 0.15) is 5.60 Å². The molecule has 2 rings (SSSR count). The van der Waals surface area contributed by atoms with E-state index in [2.05, 4.69) is 0 Å². The third-order valence-corrected chi connectivity index (χ3v) is 5.56. The molecular formula is C19H20O5S. The summed E-state index contributed by atoms with van der Waals surface area (Å²) in [6.07, 6.45) is 0. The maximum absolute atomic E-state index is 12.7. The van der Waals surface area contributed by atoms with Gasteiger partial charge >= 0.3 is 0 Å². The van der Waals surface area contributed by atoms with E-state index in [0.717, 1.165) is 0 Å². The van der Waals surface area contributed by atoms with Crippen LogP contribution in [0.1, 0.15) is 47.1 Å². The fourth-order valence-corrected chi connectivity index (χ4v) is 3.48. The van der Waals surface area contributed by atoms with Gasteiger partial charge in [-0.25, -0.2) is 8.42 Å². The summed E-state index contributed by atoms with van der Waals surface area (Å²) >= 11 is 0. The molecule has 0 bridgehead atoms. The van der Waals surface area contributed by atoms with E-state index in [-0.39, 0.29) is 21.8 Å². The lowest BCUT2D eigenvalue weighted by Crippen LogP contribution is -2.31. The van der Waals surface area contributed by atoms with Crippen LogP contribution in [0.25, 0.3) is 0 Å². The lowest BCUT2D eigenvalue weighted by atomic mass is 9.94. The summed E-state index contributed by atoms with van der Waals surface area (Å²) < 4.78 is 24.9. The molecule has 0 fully saturated rings. The topological polar surface area (TPSA) is 88.5 Å². The van der Waals surface area contributed by atoms with Gasteiger partial charge in [-0.05, 0) is 26.0 Å². The van der Waals surface area contributed by atoms with Crippen molar-refractivity contribution in [3.63, 3.8) is 0 Å². The van der Waals surface area contributed by atoms with Gasteiger partial charge in [0.2, 0.25) is 0 Å². The summed E-state index contributed by atoms with van der Waals surface area (Å²) in [7, 11) is -3.74. The Morgan fingerprint density at radius 2 is 1.60 bits per heavy atom. The molecule has 132 valence electrons. The molecule has 5 nitrogen and oxygen atoms in total. The van der Waals surface area contributed by atoms with Crippen LogP contribution in [0, 0.1) is 0 Å². The SMILES string of the molecule is CCS(=O)(=O)c1cc(C(=O)C(C)(C)O)ccc1C(=O)c1ccccc1. The van der Waals surface area contributed by atoms with Crippen LogP contribution in [0.4, 0.5) is 0 Å². The van der Waals surface area contributed by atoms with Gasteiger partial charge in [0.05, 0.1) is 10.6 Å². The zero-order chi connectivity index (χ0) is 18.8. The van der Waals surface area contributed by atoms with Gasteiger partial charge < -0.3 is 5.11 Å². The molecule has 0 aliphatic heterocycles. The van der Waals surface area contributed by atoms with Gasteiger partial charge in [0.25, 0.3) is 0 Å². The summed E-state index contributed by atoms with van der Waals surface area (Å²) in [4.78, 5) is 24.8. The first-order chi connectivity index (χ1) is 11.6. The molecule has 2 aromatic rings. The number of benzene rings is 2. The molecule has 0 aliphatic rings. The minimum Gasteiger partial charge on any atom is -0.382 e. The first-order valence-corrected chi connectivity index (χ1v) is 9.47. The molecule has 0 radical (unpaired) electrons. The van der Waals surface area contributed by atoms with Gasteiger partial charge in [0, 0.05) is 16.7 Å². The van der Waals surface area contributed by atoms with Crippen LogP contribution in [0.2, 0.25) is 0 Å². The van der Waals surface area contributed by atoms with E-state index in [1.165, 1.54) is 39.0 Å². The molecule has 0 heterocycles. The van der Waals surface area contributed by atoms with Crippen LogP contribution in [0.15, 0.2) is 53.4 Å². The highest BCUT2D eigenvalue weighted by Crippen LogP contribution is 2.24. The molecule has 0 aromatic heterocycles. The number of ketones is 2. The molecule has 0 aliphatic carbocycles. The number of carbonyl (C=O) groups excluding carboxylic acids is 2. The van der Waals surface area contributed by atoms with E-state index in [1.54, 1.807) is 30.3 Å². The molecule has 0 atom stereocenters. The van der Waals surface area contributed by atoms with Crippen LogP contribution in [0.3, 0.4) is 0 Å². The number of carbonyl (C=O) groups is 2. The molecule has 25 heavy (non-hydrogen) atoms. The summed E-state index contributed by atoms with van der Waals surface area (Å²) in [5.41, 5.74) is -1.22. The second-order valence-corrected chi connectivity index (χ2v) is 8.44. The van der Waals surface area contributed by atoms with Crippen molar-refractivity contribution in [3.8, 4) is 0 Å². The predicted octanol–water partition coefficient (Wildman–Crippen LogP) is 2.66. The summed E-state index contributed by atoms with van der Waals surface area (Å²) in [5.74, 6) is -1.25. The number of aliphatic hydroxyl groups is 1. The third kappa shape index (κ3) is 4.03. The van der Waals surface area contributed by atoms with Crippen LogP contribution in [-0.4, -0.2) is 36.4 Å². The highest BCUT2D eigenvalue weighted by molar-refractivity contribution is 7.91. The standard InChI is InChI=1S/C19H20O5S/c1-4-25(23,24)16-12-14(18(21)19(2,3)22)10-11-15(16)17(20)13-8-6-5-7-9-13/h5-12,22H,4H2,1-3H3. The fraction of sp³-hybridized carbons (Fsp3) is 0.263. The Bertz CT molecular complexity index is 907. The van der Waals surface area contributed by atoms with Crippen LogP contribution >= 0.6 is 0 Å². The van der Waals surface area contributed by atoms with Crippen LogP contribution in [0.5, 0.6) is 0 Å². The van der Waals surface area contributed by atoms with Gasteiger partial charge in [-0.3, -0.25) is 9.59 Å². The van der Waals surface area contributed by atoms with Gasteiger partial charge in [-0.1, -0.05) is 43.3 Å². The summed E-state index contributed by atoms with van der Waals surface area (Å²) in [6.45, 7) is 4.12. The van der Waals surface area contributed by atoms with Gasteiger partial charge in [-0.15, -0.1) is 0 Å². The fourth-order valence-electron chi connectivity index (χ4n) is 2.36. The Balaban J connectivity index is 2.66. The van der Waals surface area contributed by atoms with E-state index in [0.29, 0.717) is 5.56 Å². The molecule has 0 saturated heterocycles. The minimum atomic E-state index is -3.74. The Kier molecular flexibility index (Phi) is 5.25. The van der Waals surface area contributed by atoms with Crippen molar-refractivity contribution in [2.75, 3.05) is 5.75 Å². The smallest absolute Gasteiger partial charge is 0.194 e. The molecule has 1 N–H and O–H groups in total. The first kappa shape index (κ1) is 19.0. The number of sulfone groups is 1. The monoisotopic (exact) mass is 360 g/mol. The second-order valence-electron chi connectivity index (χ2n) is 6.20. The molecule has 0 saturated carbocycles. The quantitative estimate of drug-likeness (QED) is 0.800. The molecule has 6 heteroatoms. The zero-order valence-electron chi connectivity index (χ0n) is 14.3. The lowest BCUT2D eigenvalue weighted by molar-refractivity contribution is 0.0487. The summed E-state index contributed by atoms with van der Waals surface area (Å²) in [5, 5.41) is 9.88. The van der Waals surface area contributed by atoms with Crippen molar-refractivity contribution in [1.82, 2.24) is 0 Å². The predicted molar refractivity (Wildman–Crippen MR) is 94.7 cm³/mol. The van der Waals surface area contributed by atoms with Crippen molar-refractivity contribution in [3.05, 3.63) is 65.2 Å². The molecule has 0 unspecified atom stereocenters. The average molecular weight is 360 g/mol. The first-order valence-electron chi connectivity index (χ1n) is 7.81. The van der Waals surface area contributed by atoms with Crippen LogP contribution < -0.4 is 0 Å². The number of hydrogen-bond donors (Lipinski definition) is 1. The highest BCUT2D eigenvalue weighted by atomic mass is 32.2. The van der Waals surface area contributed by atoms with E-state index in [1.807, 2.05) is 0 Å². The minimum absolute atomic E-state index is 0.0142. The Hall–Kier alpha value is -2.31. The lowest BCUT2D eigenvalue weighted by Gasteiger charge is -2.17. The number of Topliss-reactive ketones (excluding diaryl/α,β-unsaturated/α-hetero) is 1. The molecule has 0 amide bonds. The largest absolute Gasteiger partial charge is 0.382 e. The zero-order valence-corrected chi connectivity index (χ0v) is 15.1. The number of rotatable bonds is 6. The maximum atomic E-state index is 12.7. The Labute approximate surface area is 147 Å². The average Bonchev–Trinajstić information content (AvgIpc) is 2.60. The molecule has 0 spiro atoms. The Morgan fingerprint density at radius 1 is 1.00 bits per heavy atom. The van der Waals surface area contributed by atoms with E-state index in [4.69, 9.17) is 0 Å². The second kappa shape index (κ2) is 6.90. The van der Waals surface area contributed by atoms with E-state index < -0.39 is 27.0 Å². The molecule has 2 aromatic carbocycles.